The Morgan fingerprint density at radius 2 is 1.83 bits per heavy atom. The number of aryl methyl sites for hydroxylation is 1. The molecule has 1 aliphatic carbocycles. The highest BCUT2D eigenvalue weighted by Gasteiger charge is 2.35. The summed E-state index contributed by atoms with van der Waals surface area (Å²) in [6.07, 6.45) is 5.82. The van der Waals surface area contributed by atoms with E-state index in [2.05, 4.69) is 13.8 Å². The summed E-state index contributed by atoms with van der Waals surface area (Å²) in [4.78, 5) is 12.8. The maximum atomic E-state index is 12.8. The van der Waals surface area contributed by atoms with E-state index in [1.165, 1.54) is 0 Å². The number of rotatable bonds is 7. The minimum absolute atomic E-state index is 0.0356. The highest BCUT2D eigenvalue weighted by molar-refractivity contribution is 6.24. The van der Waals surface area contributed by atoms with E-state index in [0.29, 0.717) is 23.5 Å². The molecular formula is C20H28O3. The fourth-order valence-electron chi connectivity index (χ4n) is 3.73. The molecule has 1 unspecified atom stereocenters. The molecule has 0 bridgehead atoms. The average Bonchev–Trinajstić information content (AvgIpc) is 2.77. The lowest BCUT2D eigenvalue weighted by molar-refractivity contribution is -0.117. The molecule has 3 heteroatoms. The molecule has 0 fully saturated rings. The molecule has 0 saturated heterocycles. The van der Waals surface area contributed by atoms with Gasteiger partial charge in [0.2, 0.25) is 0 Å². The number of carbonyl (C=O) groups excluding carboxylic acids is 1. The Labute approximate surface area is 139 Å². The maximum absolute atomic E-state index is 12.8. The largest absolute Gasteiger partial charge is 0.512 e. The van der Waals surface area contributed by atoms with Gasteiger partial charge in [0.25, 0.3) is 0 Å². The second-order valence-corrected chi connectivity index (χ2v) is 6.77. The fraction of sp³-hybridized carbons (Fsp3) is 0.550. The van der Waals surface area contributed by atoms with Crippen molar-refractivity contribution in [3.05, 3.63) is 35.1 Å². The summed E-state index contributed by atoms with van der Waals surface area (Å²) in [5.74, 6) is 0.775. The first-order valence-electron chi connectivity index (χ1n) is 8.74. The number of phenols is 1. The van der Waals surface area contributed by atoms with E-state index in [4.69, 9.17) is 0 Å². The topological polar surface area (TPSA) is 57.5 Å². The first kappa shape index (κ1) is 17.6. The van der Waals surface area contributed by atoms with Crippen LogP contribution in [-0.4, -0.2) is 16.0 Å². The van der Waals surface area contributed by atoms with Crippen LogP contribution in [0.2, 0.25) is 0 Å². The van der Waals surface area contributed by atoms with Gasteiger partial charge in [0.1, 0.15) is 11.5 Å². The number of aromatic hydroxyl groups is 1. The molecule has 1 aromatic rings. The number of phenolic OH excluding ortho intramolecular Hbond substituents is 1. The van der Waals surface area contributed by atoms with Crippen LogP contribution in [0.5, 0.6) is 5.75 Å². The van der Waals surface area contributed by atoms with Crippen molar-refractivity contribution in [3.63, 3.8) is 0 Å². The van der Waals surface area contributed by atoms with Crippen LogP contribution in [0.25, 0.3) is 5.57 Å². The van der Waals surface area contributed by atoms with Gasteiger partial charge in [0.15, 0.2) is 5.78 Å². The van der Waals surface area contributed by atoms with E-state index in [9.17, 15) is 15.0 Å². The number of aliphatic hydroxyl groups excluding tert-OH is 1. The molecule has 1 atom stereocenters. The Morgan fingerprint density at radius 1 is 1.17 bits per heavy atom. The molecule has 3 nitrogen and oxygen atoms in total. The van der Waals surface area contributed by atoms with Crippen molar-refractivity contribution >= 4 is 11.4 Å². The zero-order chi connectivity index (χ0) is 17.0. The monoisotopic (exact) mass is 316 g/mol. The Hall–Kier alpha value is -1.77. The van der Waals surface area contributed by atoms with Crippen molar-refractivity contribution in [1.29, 1.82) is 0 Å². The first-order valence-corrected chi connectivity index (χ1v) is 8.74. The lowest BCUT2D eigenvalue weighted by atomic mass is 9.85. The summed E-state index contributed by atoms with van der Waals surface area (Å²) in [6, 6.07) is 4.96. The Balaban J connectivity index is 2.20. The van der Waals surface area contributed by atoms with Gasteiger partial charge in [-0.2, -0.15) is 0 Å². The van der Waals surface area contributed by atoms with Crippen LogP contribution in [0.15, 0.2) is 24.0 Å². The van der Waals surface area contributed by atoms with Crippen LogP contribution in [0.4, 0.5) is 0 Å². The number of allylic oxidation sites excluding steroid dienone is 2. The van der Waals surface area contributed by atoms with Crippen molar-refractivity contribution in [3.8, 4) is 5.75 Å². The Bertz CT molecular complexity index is 595. The molecule has 23 heavy (non-hydrogen) atoms. The zero-order valence-electron chi connectivity index (χ0n) is 14.4. The molecule has 2 N–H and O–H groups in total. The van der Waals surface area contributed by atoms with Gasteiger partial charge in [-0.05, 0) is 42.5 Å². The third-order valence-corrected chi connectivity index (χ3v) is 4.85. The molecule has 1 aromatic carbocycles. The molecule has 1 aliphatic rings. The molecule has 0 amide bonds. The molecule has 126 valence electrons. The van der Waals surface area contributed by atoms with Gasteiger partial charge < -0.3 is 10.2 Å². The van der Waals surface area contributed by atoms with Gasteiger partial charge in [-0.3, -0.25) is 4.79 Å². The number of hydrogen-bond acceptors (Lipinski definition) is 3. The van der Waals surface area contributed by atoms with E-state index in [0.717, 1.165) is 37.7 Å². The van der Waals surface area contributed by atoms with Crippen molar-refractivity contribution in [2.45, 2.75) is 59.3 Å². The quantitative estimate of drug-likeness (QED) is 0.730. The van der Waals surface area contributed by atoms with Crippen LogP contribution in [0.3, 0.4) is 0 Å². The third-order valence-electron chi connectivity index (χ3n) is 4.85. The molecule has 0 saturated carbocycles. The molecule has 0 radical (unpaired) electrons. The van der Waals surface area contributed by atoms with Crippen molar-refractivity contribution in [2.75, 3.05) is 0 Å². The van der Waals surface area contributed by atoms with Gasteiger partial charge in [0.05, 0.1) is 5.57 Å². The predicted octanol–water partition coefficient (Wildman–Crippen LogP) is 5.17. The standard InChI is InChI=1S/C20H28O3/c1-4-6-14(7-5-2)10-15-11-18(22)19(20(15)23)17-12-16(21)9-8-13(17)3/h8-9,12,14-15,21-22H,4-7,10-11H2,1-3H3. The maximum Gasteiger partial charge on any atom is 0.170 e. The fourth-order valence-corrected chi connectivity index (χ4v) is 3.73. The zero-order valence-corrected chi connectivity index (χ0v) is 14.4. The highest BCUT2D eigenvalue weighted by atomic mass is 16.3. The van der Waals surface area contributed by atoms with Crippen LogP contribution in [0, 0.1) is 18.8 Å². The molecule has 0 aliphatic heterocycles. The van der Waals surface area contributed by atoms with Gasteiger partial charge in [-0.15, -0.1) is 0 Å². The van der Waals surface area contributed by atoms with Crippen molar-refractivity contribution in [2.24, 2.45) is 11.8 Å². The SMILES string of the molecule is CCCC(CCC)CC1CC(O)=C(c2cc(O)ccc2C)C1=O. The lowest BCUT2D eigenvalue weighted by Gasteiger charge is -2.19. The van der Waals surface area contributed by atoms with E-state index in [1.54, 1.807) is 18.2 Å². The summed E-state index contributed by atoms with van der Waals surface area (Å²) < 4.78 is 0. The van der Waals surface area contributed by atoms with E-state index < -0.39 is 0 Å². The minimum Gasteiger partial charge on any atom is -0.512 e. The molecular weight excluding hydrogens is 288 g/mol. The van der Waals surface area contributed by atoms with Crippen LogP contribution in [-0.2, 0) is 4.79 Å². The lowest BCUT2D eigenvalue weighted by Crippen LogP contribution is -2.15. The number of benzene rings is 1. The molecule has 0 heterocycles. The third kappa shape index (κ3) is 3.95. The van der Waals surface area contributed by atoms with E-state index in [-0.39, 0.29) is 23.2 Å². The van der Waals surface area contributed by atoms with Gasteiger partial charge in [-0.25, -0.2) is 0 Å². The van der Waals surface area contributed by atoms with Crippen molar-refractivity contribution in [1.82, 2.24) is 0 Å². The minimum atomic E-state index is -0.116. The summed E-state index contributed by atoms with van der Waals surface area (Å²) >= 11 is 0. The van der Waals surface area contributed by atoms with E-state index >= 15 is 0 Å². The second-order valence-electron chi connectivity index (χ2n) is 6.77. The number of hydrogen-bond donors (Lipinski definition) is 2. The molecule has 0 spiro atoms. The van der Waals surface area contributed by atoms with E-state index in [1.807, 2.05) is 6.92 Å². The first-order chi connectivity index (χ1) is 11.0. The van der Waals surface area contributed by atoms with Crippen LogP contribution >= 0.6 is 0 Å². The second kappa shape index (κ2) is 7.67. The van der Waals surface area contributed by atoms with Crippen LogP contribution < -0.4 is 0 Å². The summed E-state index contributed by atoms with van der Waals surface area (Å²) in [6.45, 7) is 6.25. The van der Waals surface area contributed by atoms with Gasteiger partial charge in [0, 0.05) is 12.3 Å². The average molecular weight is 316 g/mol. The highest BCUT2D eigenvalue weighted by Crippen LogP contribution is 2.39. The number of carbonyl (C=O) groups is 1. The van der Waals surface area contributed by atoms with Gasteiger partial charge >= 0.3 is 0 Å². The Kier molecular flexibility index (Phi) is 5.86. The predicted molar refractivity (Wildman–Crippen MR) is 93.4 cm³/mol. The number of ketones is 1. The van der Waals surface area contributed by atoms with Crippen molar-refractivity contribution < 1.29 is 15.0 Å². The van der Waals surface area contributed by atoms with Gasteiger partial charge in [-0.1, -0.05) is 45.6 Å². The normalized spacial score (nSPS) is 18.3. The molecule has 0 aromatic heterocycles. The smallest absolute Gasteiger partial charge is 0.170 e. The summed E-state index contributed by atoms with van der Waals surface area (Å²) in [5.41, 5.74) is 1.98. The number of aliphatic hydroxyl groups is 1. The number of Topliss-reactive ketones (excluding diaryl/α,β-unsaturated/α-hetero) is 1. The molecule has 2 rings (SSSR count). The summed E-state index contributed by atoms with van der Waals surface area (Å²) in [7, 11) is 0. The summed E-state index contributed by atoms with van der Waals surface area (Å²) in [5, 5.41) is 20.1. The van der Waals surface area contributed by atoms with Crippen LogP contribution in [0.1, 0.15) is 63.5 Å². The Morgan fingerprint density at radius 3 is 2.43 bits per heavy atom.